The van der Waals surface area contributed by atoms with Gasteiger partial charge in [-0.05, 0) is 48.9 Å². The van der Waals surface area contributed by atoms with E-state index in [0.29, 0.717) is 11.3 Å². The highest BCUT2D eigenvalue weighted by Crippen LogP contribution is 2.40. The van der Waals surface area contributed by atoms with Crippen LogP contribution in [0, 0.1) is 11.6 Å². The summed E-state index contributed by atoms with van der Waals surface area (Å²) in [6.07, 6.45) is 0. The van der Waals surface area contributed by atoms with Crippen molar-refractivity contribution in [3.05, 3.63) is 77.1 Å². The molecule has 0 saturated carbocycles. The van der Waals surface area contributed by atoms with E-state index < -0.39 is 35.1 Å². The average Bonchev–Trinajstić information content (AvgIpc) is 2.81. The Kier molecular flexibility index (Phi) is 3.89. The van der Waals surface area contributed by atoms with Gasteiger partial charge in [0.05, 0.1) is 11.6 Å². The molecule has 2 aromatic carbocycles. The van der Waals surface area contributed by atoms with E-state index in [9.17, 15) is 23.5 Å². The van der Waals surface area contributed by atoms with Crippen molar-refractivity contribution in [3.63, 3.8) is 0 Å². The van der Waals surface area contributed by atoms with E-state index in [-0.39, 0.29) is 5.57 Å². The Hall–Kier alpha value is -3.02. The van der Waals surface area contributed by atoms with Gasteiger partial charge in [-0.25, -0.2) is 8.78 Å². The third kappa shape index (κ3) is 2.56. The summed E-state index contributed by atoms with van der Waals surface area (Å²) in [5, 5.41) is 10.1. The molecule has 1 N–H and O–H groups in total. The highest BCUT2D eigenvalue weighted by atomic mass is 19.1. The van der Waals surface area contributed by atoms with E-state index in [4.69, 9.17) is 0 Å². The smallest absolute Gasteiger partial charge is 0.294 e. The molecular weight excluding hydrogens is 316 g/mol. The van der Waals surface area contributed by atoms with Gasteiger partial charge in [0.15, 0.2) is 11.5 Å². The molecule has 0 spiro atoms. The van der Waals surface area contributed by atoms with Gasteiger partial charge in [-0.3, -0.25) is 14.5 Å². The highest BCUT2D eigenvalue weighted by Gasteiger charge is 2.43. The topological polar surface area (TPSA) is 57.6 Å². The highest BCUT2D eigenvalue weighted by molar-refractivity contribution is 6.16. The molecule has 0 saturated heterocycles. The van der Waals surface area contributed by atoms with Crippen molar-refractivity contribution in [2.75, 3.05) is 4.90 Å². The van der Waals surface area contributed by atoms with E-state index in [1.54, 1.807) is 0 Å². The number of hydrogen-bond acceptors (Lipinski definition) is 3. The molecule has 0 fully saturated rings. The second kappa shape index (κ2) is 5.88. The van der Waals surface area contributed by atoms with Gasteiger partial charge in [-0.2, -0.15) is 0 Å². The predicted molar refractivity (Wildman–Crippen MR) is 83.4 cm³/mol. The summed E-state index contributed by atoms with van der Waals surface area (Å²) in [5.74, 6) is -2.83. The molecule has 4 nitrogen and oxygen atoms in total. The lowest BCUT2D eigenvalue weighted by Gasteiger charge is -2.26. The monoisotopic (exact) mass is 329 g/mol. The molecular formula is C18H13F2NO3. The minimum Gasteiger partial charge on any atom is -0.503 e. The molecule has 2 aromatic rings. The number of amides is 1. The Balaban J connectivity index is 2.16. The van der Waals surface area contributed by atoms with Gasteiger partial charge in [-0.1, -0.05) is 12.1 Å². The van der Waals surface area contributed by atoms with Crippen LogP contribution in [0.5, 0.6) is 0 Å². The fraction of sp³-hybridized carbons (Fsp3) is 0.111. The lowest BCUT2D eigenvalue weighted by molar-refractivity contribution is -0.117. The van der Waals surface area contributed by atoms with Crippen LogP contribution in [0.4, 0.5) is 14.5 Å². The molecule has 1 aliphatic heterocycles. The first-order valence-corrected chi connectivity index (χ1v) is 7.19. The molecule has 122 valence electrons. The average molecular weight is 329 g/mol. The van der Waals surface area contributed by atoms with Crippen LogP contribution in [0.2, 0.25) is 0 Å². The number of hydrogen-bond donors (Lipinski definition) is 1. The predicted octanol–water partition coefficient (Wildman–Crippen LogP) is 3.45. The maximum atomic E-state index is 13.2. The normalized spacial score (nSPS) is 17.5. The fourth-order valence-corrected chi connectivity index (χ4v) is 2.79. The molecule has 24 heavy (non-hydrogen) atoms. The van der Waals surface area contributed by atoms with E-state index in [1.165, 1.54) is 60.4 Å². The molecule has 6 heteroatoms. The molecule has 0 bridgehead atoms. The molecule has 1 heterocycles. The standard InChI is InChI=1S/C18H13F2NO3/c1-10(22)15-16(11-2-4-12(19)5-3-11)21(18(24)17(15)23)14-8-6-13(20)7-9-14/h2-9,16,23H,1H3/t16-/m0/s1. The minimum atomic E-state index is -0.902. The SMILES string of the molecule is CC(=O)C1=C(O)C(=O)N(c2ccc(F)cc2)[C@H]1c1ccc(F)cc1. The second-order valence-corrected chi connectivity index (χ2v) is 5.42. The van der Waals surface area contributed by atoms with Crippen LogP contribution >= 0.6 is 0 Å². The number of aliphatic hydroxyl groups is 1. The van der Waals surface area contributed by atoms with Gasteiger partial charge in [-0.15, -0.1) is 0 Å². The van der Waals surface area contributed by atoms with Crippen molar-refractivity contribution >= 4 is 17.4 Å². The number of nitrogens with zero attached hydrogens (tertiary/aromatic N) is 1. The van der Waals surface area contributed by atoms with Gasteiger partial charge in [0.1, 0.15) is 11.6 Å². The van der Waals surface area contributed by atoms with Crippen molar-refractivity contribution < 1.29 is 23.5 Å². The quantitative estimate of drug-likeness (QED) is 0.938. The summed E-state index contributed by atoms with van der Waals surface area (Å²) in [4.78, 5) is 25.6. The number of carbonyl (C=O) groups excluding carboxylic acids is 2. The number of halogens is 2. The Bertz CT molecular complexity index is 842. The molecule has 3 rings (SSSR count). The van der Waals surface area contributed by atoms with Crippen molar-refractivity contribution in [3.8, 4) is 0 Å². The van der Waals surface area contributed by atoms with Crippen molar-refractivity contribution in [1.82, 2.24) is 0 Å². The van der Waals surface area contributed by atoms with Crippen LogP contribution < -0.4 is 4.90 Å². The Morgan fingerprint density at radius 3 is 2.00 bits per heavy atom. The molecule has 1 aliphatic rings. The summed E-state index contributed by atoms with van der Waals surface area (Å²) in [7, 11) is 0. The van der Waals surface area contributed by atoms with E-state index >= 15 is 0 Å². The summed E-state index contributed by atoms with van der Waals surface area (Å²) < 4.78 is 26.4. The lowest BCUT2D eigenvalue weighted by atomic mass is 9.96. The van der Waals surface area contributed by atoms with E-state index in [2.05, 4.69) is 0 Å². The first-order chi connectivity index (χ1) is 11.4. The zero-order chi connectivity index (χ0) is 17.4. The third-order valence-electron chi connectivity index (χ3n) is 3.88. The van der Waals surface area contributed by atoms with E-state index in [1.807, 2.05) is 0 Å². The number of ketones is 1. The van der Waals surface area contributed by atoms with E-state index in [0.717, 1.165) is 0 Å². The van der Waals surface area contributed by atoms with Gasteiger partial charge in [0, 0.05) is 5.69 Å². The minimum absolute atomic E-state index is 0.0732. The third-order valence-corrected chi connectivity index (χ3v) is 3.88. The molecule has 0 unspecified atom stereocenters. The molecule has 1 atom stereocenters. The van der Waals surface area contributed by atoms with Gasteiger partial charge >= 0.3 is 0 Å². The van der Waals surface area contributed by atoms with Gasteiger partial charge in [0.25, 0.3) is 5.91 Å². The van der Waals surface area contributed by atoms with Crippen LogP contribution in [0.15, 0.2) is 59.9 Å². The molecule has 0 aliphatic carbocycles. The zero-order valence-electron chi connectivity index (χ0n) is 12.7. The summed E-state index contributed by atoms with van der Waals surface area (Å²) in [6.45, 7) is 1.24. The Morgan fingerprint density at radius 1 is 1.00 bits per heavy atom. The molecule has 0 aromatic heterocycles. The summed E-state index contributed by atoms with van der Waals surface area (Å²) in [6, 6.07) is 9.48. The fourth-order valence-electron chi connectivity index (χ4n) is 2.79. The van der Waals surface area contributed by atoms with Crippen molar-refractivity contribution in [2.45, 2.75) is 13.0 Å². The van der Waals surface area contributed by atoms with Gasteiger partial charge < -0.3 is 5.11 Å². The second-order valence-electron chi connectivity index (χ2n) is 5.42. The van der Waals surface area contributed by atoms with Crippen LogP contribution in [0.25, 0.3) is 0 Å². The first kappa shape index (κ1) is 15.9. The Labute approximate surface area is 136 Å². The maximum Gasteiger partial charge on any atom is 0.294 e. The number of benzene rings is 2. The Morgan fingerprint density at radius 2 is 1.50 bits per heavy atom. The number of anilines is 1. The number of carbonyl (C=O) groups is 2. The maximum absolute atomic E-state index is 13.2. The zero-order valence-corrected chi connectivity index (χ0v) is 12.7. The largest absolute Gasteiger partial charge is 0.503 e. The van der Waals surface area contributed by atoms with Crippen LogP contribution in [-0.4, -0.2) is 16.8 Å². The number of Topliss-reactive ketones (excluding diaryl/α,β-unsaturated/α-hetero) is 1. The van der Waals surface area contributed by atoms with Crippen molar-refractivity contribution in [1.29, 1.82) is 0 Å². The van der Waals surface area contributed by atoms with Crippen LogP contribution in [0.3, 0.4) is 0 Å². The lowest BCUT2D eigenvalue weighted by Crippen LogP contribution is -2.30. The van der Waals surface area contributed by atoms with Crippen LogP contribution in [-0.2, 0) is 9.59 Å². The van der Waals surface area contributed by atoms with Crippen molar-refractivity contribution in [2.24, 2.45) is 0 Å². The summed E-state index contributed by atoms with van der Waals surface area (Å²) >= 11 is 0. The van der Waals surface area contributed by atoms with Gasteiger partial charge in [0.2, 0.25) is 0 Å². The number of aliphatic hydroxyl groups excluding tert-OH is 1. The molecule has 1 amide bonds. The van der Waals surface area contributed by atoms with Crippen LogP contribution in [0.1, 0.15) is 18.5 Å². The number of rotatable bonds is 3. The molecule has 0 radical (unpaired) electrons. The summed E-state index contributed by atoms with van der Waals surface area (Å²) in [5.41, 5.74) is 0.706. The first-order valence-electron chi connectivity index (χ1n) is 7.19.